The number of aromatic nitrogens is 2. The molecular formula is C17H15N3O. The summed E-state index contributed by atoms with van der Waals surface area (Å²) >= 11 is 0. The minimum atomic E-state index is 0.570. The molecule has 1 aliphatic rings. The lowest BCUT2D eigenvalue weighted by molar-refractivity contribution is 0.432. The molecule has 2 heterocycles. The summed E-state index contributed by atoms with van der Waals surface area (Å²) in [5.74, 6) is 1.20. The number of hydrogen-bond donors (Lipinski definition) is 1. The number of nitrogens with one attached hydrogen (secondary N) is 1. The van der Waals surface area contributed by atoms with Gasteiger partial charge in [0.25, 0.3) is 5.89 Å². The molecular weight excluding hydrogens is 262 g/mol. The Balaban J connectivity index is 1.69. The van der Waals surface area contributed by atoms with Crippen molar-refractivity contribution in [3.8, 4) is 22.8 Å². The number of aryl methyl sites for hydroxylation is 1. The lowest BCUT2D eigenvalue weighted by Gasteiger charge is -2.00. The van der Waals surface area contributed by atoms with Crippen LogP contribution in [-0.2, 0) is 6.42 Å². The van der Waals surface area contributed by atoms with Crippen molar-refractivity contribution in [1.82, 2.24) is 10.1 Å². The smallest absolute Gasteiger partial charge is 0.258 e. The third-order valence-electron chi connectivity index (χ3n) is 3.80. The summed E-state index contributed by atoms with van der Waals surface area (Å²) in [4.78, 5) is 4.51. The zero-order valence-electron chi connectivity index (χ0n) is 11.8. The van der Waals surface area contributed by atoms with Crippen molar-refractivity contribution in [2.24, 2.45) is 0 Å². The van der Waals surface area contributed by atoms with Crippen molar-refractivity contribution in [2.45, 2.75) is 13.3 Å². The van der Waals surface area contributed by atoms with Crippen LogP contribution in [0.3, 0.4) is 0 Å². The fraction of sp³-hybridized carbons (Fsp3) is 0.176. The van der Waals surface area contributed by atoms with E-state index in [1.807, 2.05) is 30.3 Å². The van der Waals surface area contributed by atoms with E-state index in [9.17, 15) is 0 Å². The molecule has 1 N–H and O–H groups in total. The third-order valence-corrected chi connectivity index (χ3v) is 3.80. The molecule has 104 valence electrons. The molecule has 1 aromatic heterocycles. The Morgan fingerprint density at radius 3 is 2.71 bits per heavy atom. The molecule has 0 fully saturated rings. The number of hydrogen-bond acceptors (Lipinski definition) is 4. The zero-order chi connectivity index (χ0) is 14.2. The van der Waals surface area contributed by atoms with Crippen LogP contribution in [0.15, 0.2) is 47.0 Å². The Labute approximate surface area is 122 Å². The molecule has 4 rings (SSSR count). The van der Waals surface area contributed by atoms with Crippen molar-refractivity contribution >= 4 is 5.69 Å². The SMILES string of the molecule is Cc1ccc(-c2noc(-c3ccc4c(c3)CCN4)n2)cc1. The zero-order valence-corrected chi connectivity index (χ0v) is 11.8. The van der Waals surface area contributed by atoms with E-state index in [2.05, 4.69) is 34.5 Å². The van der Waals surface area contributed by atoms with Crippen molar-refractivity contribution in [3.63, 3.8) is 0 Å². The molecule has 0 radical (unpaired) electrons. The van der Waals surface area contributed by atoms with Crippen molar-refractivity contribution in [1.29, 1.82) is 0 Å². The molecule has 2 aromatic carbocycles. The van der Waals surface area contributed by atoms with Crippen molar-refractivity contribution in [3.05, 3.63) is 53.6 Å². The maximum atomic E-state index is 5.41. The van der Waals surface area contributed by atoms with Crippen LogP contribution in [0.2, 0.25) is 0 Å². The Morgan fingerprint density at radius 2 is 1.86 bits per heavy atom. The Morgan fingerprint density at radius 1 is 1.05 bits per heavy atom. The highest BCUT2D eigenvalue weighted by Gasteiger charge is 2.14. The van der Waals surface area contributed by atoms with Gasteiger partial charge in [-0.05, 0) is 37.1 Å². The minimum absolute atomic E-state index is 0.570. The third kappa shape index (κ3) is 2.18. The monoisotopic (exact) mass is 277 g/mol. The first-order valence-electron chi connectivity index (χ1n) is 7.07. The number of rotatable bonds is 2. The maximum Gasteiger partial charge on any atom is 0.258 e. The van der Waals surface area contributed by atoms with Gasteiger partial charge in [-0.25, -0.2) is 0 Å². The Hall–Kier alpha value is -2.62. The number of benzene rings is 2. The van der Waals surface area contributed by atoms with Crippen LogP contribution in [0.5, 0.6) is 0 Å². The second-order valence-electron chi connectivity index (χ2n) is 5.34. The van der Waals surface area contributed by atoms with E-state index in [1.54, 1.807) is 0 Å². The minimum Gasteiger partial charge on any atom is -0.384 e. The maximum absolute atomic E-state index is 5.41. The van der Waals surface area contributed by atoms with Gasteiger partial charge in [0, 0.05) is 23.4 Å². The Bertz CT molecular complexity index is 790. The number of fused-ring (bicyclic) bond motifs is 1. The fourth-order valence-electron chi connectivity index (χ4n) is 2.60. The highest BCUT2D eigenvalue weighted by atomic mass is 16.5. The summed E-state index contributed by atoms with van der Waals surface area (Å²) in [6.45, 7) is 3.06. The van der Waals surface area contributed by atoms with Crippen LogP contribution in [-0.4, -0.2) is 16.7 Å². The van der Waals surface area contributed by atoms with E-state index < -0.39 is 0 Å². The summed E-state index contributed by atoms with van der Waals surface area (Å²) < 4.78 is 5.41. The van der Waals surface area contributed by atoms with E-state index in [1.165, 1.54) is 16.8 Å². The molecule has 3 aromatic rings. The normalized spacial score (nSPS) is 13.0. The molecule has 0 unspecified atom stereocenters. The number of nitrogens with zero attached hydrogens (tertiary/aromatic N) is 2. The molecule has 0 saturated carbocycles. The largest absolute Gasteiger partial charge is 0.384 e. The average molecular weight is 277 g/mol. The summed E-state index contributed by atoms with van der Waals surface area (Å²) in [7, 11) is 0. The van der Waals surface area contributed by atoms with Gasteiger partial charge in [-0.2, -0.15) is 4.98 Å². The highest BCUT2D eigenvalue weighted by Crippen LogP contribution is 2.28. The molecule has 0 aliphatic carbocycles. The molecule has 0 saturated heterocycles. The van der Waals surface area contributed by atoms with Gasteiger partial charge in [0.1, 0.15) is 0 Å². The number of anilines is 1. The predicted molar refractivity (Wildman–Crippen MR) is 82.1 cm³/mol. The van der Waals surface area contributed by atoms with Gasteiger partial charge in [-0.3, -0.25) is 0 Å². The standard InChI is InChI=1S/C17H15N3O/c1-11-2-4-12(5-3-11)16-19-17(21-20-16)14-6-7-15-13(10-14)8-9-18-15/h2-7,10,18H,8-9H2,1H3. The molecule has 4 nitrogen and oxygen atoms in total. The lowest BCUT2D eigenvalue weighted by Crippen LogP contribution is -1.90. The predicted octanol–water partition coefficient (Wildman–Crippen LogP) is 3.68. The van der Waals surface area contributed by atoms with Gasteiger partial charge in [0.05, 0.1) is 0 Å². The molecule has 0 amide bonds. The summed E-state index contributed by atoms with van der Waals surface area (Å²) in [6, 6.07) is 14.3. The molecule has 0 bridgehead atoms. The van der Waals surface area contributed by atoms with Crippen LogP contribution in [0, 0.1) is 6.92 Å². The average Bonchev–Trinajstić information content (AvgIpc) is 3.16. The fourth-order valence-corrected chi connectivity index (χ4v) is 2.60. The van der Waals surface area contributed by atoms with Gasteiger partial charge in [-0.15, -0.1) is 0 Å². The van der Waals surface area contributed by atoms with Gasteiger partial charge in [-0.1, -0.05) is 35.0 Å². The quantitative estimate of drug-likeness (QED) is 0.776. The molecule has 1 aliphatic heterocycles. The summed E-state index contributed by atoms with van der Waals surface area (Å²) in [6.07, 6.45) is 1.04. The first kappa shape index (κ1) is 12.1. The van der Waals surface area contributed by atoms with Crippen molar-refractivity contribution in [2.75, 3.05) is 11.9 Å². The lowest BCUT2D eigenvalue weighted by atomic mass is 10.1. The van der Waals surface area contributed by atoms with Gasteiger partial charge < -0.3 is 9.84 Å². The van der Waals surface area contributed by atoms with Crippen LogP contribution < -0.4 is 5.32 Å². The van der Waals surface area contributed by atoms with E-state index in [0.29, 0.717) is 11.7 Å². The van der Waals surface area contributed by atoms with E-state index in [-0.39, 0.29) is 0 Å². The molecule has 0 atom stereocenters. The molecule has 21 heavy (non-hydrogen) atoms. The van der Waals surface area contributed by atoms with Gasteiger partial charge in [0.15, 0.2) is 0 Å². The van der Waals surface area contributed by atoms with Crippen LogP contribution in [0.4, 0.5) is 5.69 Å². The first-order chi connectivity index (χ1) is 10.3. The molecule has 0 spiro atoms. The topological polar surface area (TPSA) is 51.0 Å². The summed E-state index contributed by atoms with van der Waals surface area (Å²) in [5, 5.41) is 7.43. The summed E-state index contributed by atoms with van der Waals surface area (Å²) in [5.41, 5.74) is 5.68. The molecule has 4 heteroatoms. The second kappa shape index (κ2) is 4.74. The van der Waals surface area contributed by atoms with Crippen LogP contribution in [0.1, 0.15) is 11.1 Å². The van der Waals surface area contributed by atoms with Crippen molar-refractivity contribution < 1.29 is 4.52 Å². The van der Waals surface area contributed by atoms with Gasteiger partial charge >= 0.3 is 0 Å². The van der Waals surface area contributed by atoms with Gasteiger partial charge in [0.2, 0.25) is 5.82 Å². The highest BCUT2D eigenvalue weighted by molar-refractivity contribution is 5.66. The second-order valence-corrected chi connectivity index (χ2v) is 5.34. The Kier molecular flexibility index (Phi) is 2.74. The van der Waals surface area contributed by atoms with E-state index >= 15 is 0 Å². The van der Waals surface area contributed by atoms with Crippen LogP contribution >= 0.6 is 0 Å². The van der Waals surface area contributed by atoms with E-state index in [4.69, 9.17) is 4.52 Å². The first-order valence-corrected chi connectivity index (χ1v) is 7.07. The van der Waals surface area contributed by atoms with E-state index in [0.717, 1.165) is 24.1 Å². The van der Waals surface area contributed by atoms with Crippen LogP contribution in [0.25, 0.3) is 22.8 Å².